The fourth-order valence-electron chi connectivity index (χ4n) is 2.24. The third kappa shape index (κ3) is 3.79. The Bertz CT molecular complexity index is 862. The summed E-state index contributed by atoms with van der Waals surface area (Å²) in [6.07, 6.45) is 2.86. The minimum atomic E-state index is -3.78. The van der Waals surface area contributed by atoms with Crippen LogP contribution in [0.2, 0.25) is 5.15 Å². The molecule has 0 bridgehead atoms. The van der Waals surface area contributed by atoms with Crippen molar-refractivity contribution in [2.24, 2.45) is 0 Å². The normalized spacial score (nSPS) is 12.7. The molecule has 0 spiro atoms. The molecule has 0 radical (unpaired) electrons. The molecule has 0 aliphatic carbocycles. The fraction of sp³-hybridized carbons (Fsp3) is 0.0588. The minimum Gasteiger partial charge on any atom is -0.259 e. The van der Waals surface area contributed by atoms with Crippen LogP contribution in [0.4, 0.5) is 0 Å². The molecule has 0 aliphatic heterocycles. The van der Waals surface area contributed by atoms with Crippen LogP contribution in [0.3, 0.4) is 0 Å². The zero-order chi connectivity index (χ0) is 17.0. The Morgan fingerprint density at radius 3 is 2.29 bits per heavy atom. The molecule has 1 unspecified atom stereocenters. The van der Waals surface area contributed by atoms with Gasteiger partial charge in [0, 0.05) is 12.4 Å². The molecule has 0 fully saturated rings. The van der Waals surface area contributed by atoms with Gasteiger partial charge in [0.15, 0.2) is 0 Å². The van der Waals surface area contributed by atoms with Crippen LogP contribution >= 0.6 is 11.6 Å². The van der Waals surface area contributed by atoms with Crippen LogP contribution in [0, 0.1) is 0 Å². The smallest absolute Gasteiger partial charge is 0.243 e. The number of hydrogen-bond donors (Lipinski definition) is 1. The maximum absolute atomic E-state index is 12.7. The average molecular weight is 360 g/mol. The fourth-order valence-corrected chi connectivity index (χ4v) is 3.49. The quantitative estimate of drug-likeness (QED) is 0.710. The van der Waals surface area contributed by atoms with Gasteiger partial charge in [-0.25, -0.2) is 13.4 Å². The molecule has 0 saturated heterocycles. The third-order valence-corrected chi connectivity index (χ3v) is 5.03. The summed E-state index contributed by atoms with van der Waals surface area (Å²) in [4.78, 5) is 8.16. The molecule has 0 aliphatic rings. The van der Waals surface area contributed by atoms with Crippen molar-refractivity contribution in [3.05, 3.63) is 89.5 Å². The number of sulfonamides is 1. The van der Waals surface area contributed by atoms with Crippen LogP contribution in [0.15, 0.2) is 78.0 Å². The highest BCUT2D eigenvalue weighted by Gasteiger charge is 2.23. The van der Waals surface area contributed by atoms with Crippen molar-refractivity contribution in [3.8, 4) is 0 Å². The van der Waals surface area contributed by atoms with E-state index in [2.05, 4.69) is 14.7 Å². The summed E-state index contributed by atoms with van der Waals surface area (Å²) in [5.74, 6) is 0. The molecule has 2 heterocycles. The largest absolute Gasteiger partial charge is 0.259 e. The predicted molar refractivity (Wildman–Crippen MR) is 92.1 cm³/mol. The number of hydrogen-bond acceptors (Lipinski definition) is 4. The van der Waals surface area contributed by atoms with Gasteiger partial charge in [0.2, 0.25) is 10.0 Å². The van der Waals surface area contributed by atoms with E-state index >= 15 is 0 Å². The molecule has 7 heteroatoms. The van der Waals surface area contributed by atoms with Crippen molar-refractivity contribution in [1.82, 2.24) is 14.7 Å². The first-order valence-corrected chi connectivity index (χ1v) is 9.02. The maximum Gasteiger partial charge on any atom is 0.243 e. The van der Waals surface area contributed by atoms with Crippen molar-refractivity contribution in [2.45, 2.75) is 10.9 Å². The van der Waals surface area contributed by atoms with Crippen molar-refractivity contribution in [2.75, 3.05) is 0 Å². The Morgan fingerprint density at radius 1 is 0.917 bits per heavy atom. The first-order chi connectivity index (χ1) is 11.6. The summed E-state index contributed by atoms with van der Waals surface area (Å²) in [6.45, 7) is 0. The number of halogens is 1. The van der Waals surface area contributed by atoms with E-state index in [1.54, 1.807) is 18.3 Å². The molecule has 24 heavy (non-hydrogen) atoms. The molecule has 2 aromatic heterocycles. The van der Waals surface area contributed by atoms with Gasteiger partial charge in [-0.15, -0.1) is 0 Å². The van der Waals surface area contributed by atoms with Gasteiger partial charge in [-0.2, -0.15) is 4.72 Å². The topological polar surface area (TPSA) is 72.0 Å². The number of rotatable bonds is 5. The molecular weight excluding hydrogens is 346 g/mol. The van der Waals surface area contributed by atoms with Crippen LogP contribution in [0.1, 0.15) is 17.3 Å². The van der Waals surface area contributed by atoms with Crippen LogP contribution in [0.25, 0.3) is 0 Å². The summed E-state index contributed by atoms with van der Waals surface area (Å²) in [6, 6.07) is 16.9. The zero-order valence-corrected chi connectivity index (χ0v) is 14.1. The van der Waals surface area contributed by atoms with E-state index < -0.39 is 16.1 Å². The Hall–Kier alpha value is -2.28. The first kappa shape index (κ1) is 16.6. The summed E-state index contributed by atoms with van der Waals surface area (Å²) in [5, 5.41) is 0.235. The number of benzene rings is 1. The predicted octanol–water partition coefficient (Wildman–Crippen LogP) is 3.20. The number of nitrogens with zero attached hydrogens (tertiary/aromatic N) is 2. The molecular formula is C17H14ClN3O2S. The molecule has 0 amide bonds. The van der Waals surface area contributed by atoms with Crippen molar-refractivity contribution in [1.29, 1.82) is 0 Å². The molecule has 1 N–H and O–H groups in total. The Morgan fingerprint density at radius 2 is 1.67 bits per heavy atom. The summed E-state index contributed by atoms with van der Waals surface area (Å²) in [7, 11) is -3.78. The van der Waals surface area contributed by atoms with E-state index in [4.69, 9.17) is 11.6 Å². The second kappa shape index (κ2) is 7.09. The van der Waals surface area contributed by atoms with Gasteiger partial charge < -0.3 is 0 Å². The Labute approximate surface area is 145 Å². The third-order valence-electron chi connectivity index (χ3n) is 3.40. The molecule has 3 rings (SSSR count). The minimum absolute atomic E-state index is 0.0452. The highest BCUT2D eigenvalue weighted by Crippen LogP contribution is 2.23. The van der Waals surface area contributed by atoms with Crippen LogP contribution in [-0.4, -0.2) is 18.4 Å². The van der Waals surface area contributed by atoms with Crippen LogP contribution < -0.4 is 4.72 Å². The molecule has 1 aromatic carbocycles. The van der Waals surface area contributed by atoms with Crippen molar-refractivity contribution >= 4 is 21.6 Å². The Kier molecular flexibility index (Phi) is 4.89. The lowest BCUT2D eigenvalue weighted by Crippen LogP contribution is -2.30. The van der Waals surface area contributed by atoms with E-state index in [-0.39, 0.29) is 10.0 Å². The van der Waals surface area contributed by atoms with Gasteiger partial charge >= 0.3 is 0 Å². The number of aromatic nitrogens is 2. The molecule has 0 saturated carbocycles. The highest BCUT2D eigenvalue weighted by molar-refractivity contribution is 7.89. The van der Waals surface area contributed by atoms with Gasteiger partial charge in [-0.05, 0) is 29.8 Å². The first-order valence-electron chi connectivity index (χ1n) is 7.16. The number of pyridine rings is 2. The lowest BCUT2D eigenvalue weighted by Gasteiger charge is -2.18. The zero-order valence-electron chi connectivity index (χ0n) is 12.5. The summed E-state index contributed by atoms with van der Waals surface area (Å²) < 4.78 is 28.0. The lowest BCUT2D eigenvalue weighted by molar-refractivity contribution is 0.569. The average Bonchev–Trinajstić information content (AvgIpc) is 2.62. The maximum atomic E-state index is 12.7. The SMILES string of the molecule is O=S(=O)(NC(c1ccccc1)c1ccccn1)c1ccc(Cl)nc1. The second-order valence-electron chi connectivity index (χ2n) is 5.04. The van der Waals surface area contributed by atoms with E-state index in [1.807, 2.05) is 36.4 Å². The van der Waals surface area contributed by atoms with Gasteiger partial charge in [-0.3, -0.25) is 4.98 Å². The van der Waals surface area contributed by atoms with E-state index in [1.165, 1.54) is 18.3 Å². The lowest BCUT2D eigenvalue weighted by atomic mass is 10.0. The van der Waals surface area contributed by atoms with Gasteiger partial charge in [-0.1, -0.05) is 48.0 Å². The van der Waals surface area contributed by atoms with E-state index in [0.717, 1.165) is 5.56 Å². The van der Waals surface area contributed by atoms with Crippen molar-refractivity contribution < 1.29 is 8.42 Å². The summed E-state index contributed by atoms with van der Waals surface area (Å²) >= 11 is 5.72. The Balaban J connectivity index is 1.99. The standard InChI is InChI=1S/C17H14ClN3O2S/c18-16-10-9-14(12-20-16)24(22,23)21-17(13-6-2-1-3-7-13)15-8-4-5-11-19-15/h1-12,17,21H. The van der Waals surface area contributed by atoms with Gasteiger partial charge in [0.25, 0.3) is 0 Å². The van der Waals surface area contributed by atoms with Crippen LogP contribution in [0.5, 0.6) is 0 Å². The molecule has 1 atom stereocenters. The van der Waals surface area contributed by atoms with Gasteiger partial charge in [0.05, 0.1) is 11.7 Å². The van der Waals surface area contributed by atoms with E-state index in [0.29, 0.717) is 5.69 Å². The number of nitrogens with one attached hydrogen (secondary N) is 1. The second-order valence-corrected chi connectivity index (χ2v) is 7.14. The highest BCUT2D eigenvalue weighted by atomic mass is 35.5. The molecule has 3 aromatic rings. The van der Waals surface area contributed by atoms with Crippen molar-refractivity contribution in [3.63, 3.8) is 0 Å². The molecule has 5 nitrogen and oxygen atoms in total. The van der Waals surface area contributed by atoms with Crippen LogP contribution in [-0.2, 0) is 10.0 Å². The monoisotopic (exact) mass is 359 g/mol. The van der Waals surface area contributed by atoms with E-state index in [9.17, 15) is 8.42 Å². The summed E-state index contributed by atoms with van der Waals surface area (Å²) in [5.41, 5.74) is 1.40. The van der Waals surface area contributed by atoms with Gasteiger partial charge in [0.1, 0.15) is 10.0 Å². The molecule has 122 valence electrons.